The second-order valence-corrected chi connectivity index (χ2v) is 4.56. The minimum Gasteiger partial charge on any atom is -0.395 e. The number of aliphatic hydroxyl groups is 1. The molecule has 0 bridgehead atoms. The SMILES string of the molecule is CC.CC.OCCN1CCN(CCOC2CNC2)CC1. The highest BCUT2D eigenvalue weighted by Crippen LogP contribution is 2.02. The molecule has 2 N–H and O–H groups in total. The van der Waals surface area contributed by atoms with Gasteiger partial charge in [-0.05, 0) is 0 Å². The molecule has 0 aromatic heterocycles. The first-order valence-electron chi connectivity index (χ1n) is 8.26. The summed E-state index contributed by atoms with van der Waals surface area (Å²) in [5.74, 6) is 0. The smallest absolute Gasteiger partial charge is 0.0824 e. The number of ether oxygens (including phenoxy) is 1. The van der Waals surface area contributed by atoms with E-state index in [9.17, 15) is 0 Å². The Morgan fingerprint density at radius 2 is 1.45 bits per heavy atom. The number of hydrogen-bond acceptors (Lipinski definition) is 5. The summed E-state index contributed by atoms with van der Waals surface area (Å²) in [5, 5.41) is 12.0. The highest BCUT2D eigenvalue weighted by molar-refractivity contribution is 4.76. The van der Waals surface area contributed by atoms with Crippen LogP contribution in [0.3, 0.4) is 0 Å². The fourth-order valence-electron chi connectivity index (χ4n) is 2.11. The monoisotopic (exact) mass is 289 g/mol. The van der Waals surface area contributed by atoms with E-state index in [0.29, 0.717) is 6.10 Å². The Morgan fingerprint density at radius 3 is 1.85 bits per heavy atom. The number of hydrogen-bond donors (Lipinski definition) is 2. The predicted molar refractivity (Wildman–Crippen MR) is 85.3 cm³/mol. The number of nitrogens with zero attached hydrogens (tertiary/aromatic N) is 2. The highest BCUT2D eigenvalue weighted by Gasteiger charge is 2.19. The van der Waals surface area contributed by atoms with Gasteiger partial charge >= 0.3 is 0 Å². The highest BCUT2D eigenvalue weighted by atomic mass is 16.5. The summed E-state index contributed by atoms with van der Waals surface area (Å²) in [6.45, 7) is 17.4. The molecule has 2 fully saturated rings. The maximum atomic E-state index is 8.84. The third-order valence-electron chi connectivity index (χ3n) is 3.39. The average molecular weight is 289 g/mol. The first kappa shape index (κ1) is 19.8. The van der Waals surface area contributed by atoms with Crippen molar-refractivity contribution in [2.75, 3.05) is 65.6 Å². The molecule has 0 amide bonds. The van der Waals surface area contributed by atoms with Gasteiger partial charge < -0.3 is 15.2 Å². The van der Waals surface area contributed by atoms with Crippen LogP contribution in [0.2, 0.25) is 0 Å². The first-order chi connectivity index (χ1) is 9.88. The van der Waals surface area contributed by atoms with Crippen LogP contribution >= 0.6 is 0 Å². The molecule has 122 valence electrons. The molecule has 0 aliphatic carbocycles. The number of rotatable bonds is 6. The van der Waals surface area contributed by atoms with E-state index in [1.807, 2.05) is 27.7 Å². The summed E-state index contributed by atoms with van der Waals surface area (Å²) in [6.07, 6.45) is 0.454. The minimum atomic E-state index is 0.276. The average Bonchev–Trinajstić information content (AvgIpc) is 2.48. The van der Waals surface area contributed by atoms with Gasteiger partial charge in [0.2, 0.25) is 0 Å². The van der Waals surface area contributed by atoms with Crippen molar-refractivity contribution in [1.29, 1.82) is 0 Å². The van der Waals surface area contributed by atoms with E-state index in [1.54, 1.807) is 0 Å². The zero-order chi connectivity index (χ0) is 15.2. The Morgan fingerprint density at radius 1 is 0.950 bits per heavy atom. The molecule has 2 rings (SSSR count). The molecule has 0 atom stereocenters. The van der Waals surface area contributed by atoms with Crippen LogP contribution in [0.4, 0.5) is 0 Å². The molecular formula is C15H35N3O2. The minimum absolute atomic E-state index is 0.276. The molecule has 0 spiro atoms. The van der Waals surface area contributed by atoms with Crippen LogP contribution in [0.1, 0.15) is 27.7 Å². The largest absolute Gasteiger partial charge is 0.395 e. The van der Waals surface area contributed by atoms with Gasteiger partial charge in [0.25, 0.3) is 0 Å². The van der Waals surface area contributed by atoms with E-state index in [1.165, 1.54) is 0 Å². The molecule has 5 heteroatoms. The second kappa shape index (κ2) is 13.8. The summed E-state index contributed by atoms with van der Waals surface area (Å²) >= 11 is 0. The van der Waals surface area contributed by atoms with Crippen molar-refractivity contribution >= 4 is 0 Å². The summed E-state index contributed by atoms with van der Waals surface area (Å²) in [5.41, 5.74) is 0. The number of β-amino-alcohol motifs (C(OH)–C–C–N with tert-alkyl or cyclic N) is 1. The standard InChI is InChI=1S/C11H23N3O2.2C2H6/c15-7-5-13-1-3-14(4-2-13)6-8-16-11-9-12-10-11;2*1-2/h11-12,15H,1-10H2;2*1-2H3. The molecule has 0 unspecified atom stereocenters. The summed E-state index contributed by atoms with van der Waals surface area (Å²) in [6, 6.07) is 0. The third kappa shape index (κ3) is 8.17. The fourth-order valence-corrected chi connectivity index (χ4v) is 2.11. The van der Waals surface area contributed by atoms with E-state index in [-0.39, 0.29) is 6.61 Å². The van der Waals surface area contributed by atoms with E-state index in [0.717, 1.165) is 59.0 Å². The van der Waals surface area contributed by atoms with Gasteiger partial charge in [-0.15, -0.1) is 0 Å². The molecule has 20 heavy (non-hydrogen) atoms. The molecule has 5 nitrogen and oxygen atoms in total. The van der Waals surface area contributed by atoms with Gasteiger partial charge in [0.15, 0.2) is 0 Å². The Balaban J connectivity index is 0.000000829. The molecule has 0 radical (unpaired) electrons. The summed E-state index contributed by atoms with van der Waals surface area (Å²) in [4.78, 5) is 4.76. The van der Waals surface area contributed by atoms with Gasteiger partial charge in [0.05, 0.1) is 19.3 Å². The normalized spacial score (nSPS) is 20.2. The van der Waals surface area contributed by atoms with Crippen molar-refractivity contribution < 1.29 is 9.84 Å². The Kier molecular flexibility index (Phi) is 13.6. The Labute approximate surface area is 125 Å². The lowest BCUT2D eigenvalue weighted by molar-refractivity contribution is 0.00102. The van der Waals surface area contributed by atoms with Crippen LogP contribution in [0.5, 0.6) is 0 Å². The summed E-state index contributed by atoms with van der Waals surface area (Å²) in [7, 11) is 0. The van der Waals surface area contributed by atoms with Crippen LogP contribution in [0.25, 0.3) is 0 Å². The number of aliphatic hydroxyl groups excluding tert-OH is 1. The van der Waals surface area contributed by atoms with Gasteiger partial charge in [-0.25, -0.2) is 0 Å². The molecule has 0 saturated carbocycles. The lowest BCUT2D eigenvalue weighted by atomic mass is 10.2. The lowest BCUT2D eigenvalue weighted by Crippen LogP contribution is -2.50. The van der Waals surface area contributed by atoms with Crippen LogP contribution in [-0.4, -0.2) is 86.6 Å². The first-order valence-corrected chi connectivity index (χ1v) is 8.26. The van der Waals surface area contributed by atoms with Crippen LogP contribution in [-0.2, 0) is 4.74 Å². The van der Waals surface area contributed by atoms with Crippen molar-refractivity contribution in [2.45, 2.75) is 33.8 Å². The third-order valence-corrected chi connectivity index (χ3v) is 3.39. The van der Waals surface area contributed by atoms with Gasteiger partial charge in [-0.2, -0.15) is 0 Å². The topological polar surface area (TPSA) is 48.0 Å². The predicted octanol–water partition coefficient (Wildman–Crippen LogP) is 0.637. The van der Waals surface area contributed by atoms with Gasteiger partial charge in [0.1, 0.15) is 0 Å². The van der Waals surface area contributed by atoms with Crippen molar-refractivity contribution in [2.24, 2.45) is 0 Å². The Bertz CT molecular complexity index is 194. The molecular weight excluding hydrogens is 254 g/mol. The van der Waals surface area contributed by atoms with Crippen molar-refractivity contribution in [1.82, 2.24) is 15.1 Å². The summed E-state index contributed by atoms with van der Waals surface area (Å²) < 4.78 is 5.70. The van der Waals surface area contributed by atoms with Gasteiger partial charge in [0, 0.05) is 52.4 Å². The molecule has 2 saturated heterocycles. The lowest BCUT2D eigenvalue weighted by Gasteiger charge is -2.35. The maximum absolute atomic E-state index is 8.84. The van der Waals surface area contributed by atoms with Crippen LogP contribution < -0.4 is 5.32 Å². The van der Waals surface area contributed by atoms with E-state index >= 15 is 0 Å². The van der Waals surface area contributed by atoms with Crippen molar-refractivity contribution in [3.8, 4) is 0 Å². The fraction of sp³-hybridized carbons (Fsp3) is 1.00. The van der Waals surface area contributed by atoms with E-state index in [4.69, 9.17) is 9.84 Å². The zero-order valence-electron chi connectivity index (χ0n) is 13.9. The molecule has 0 aromatic carbocycles. The van der Waals surface area contributed by atoms with Crippen molar-refractivity contribution in [3.63, 3.8) is 0 Å². The quantitative estimate of drug-likeness (QED) is 0.751. The zero-order valence-corrected chi connectivity index (χ0v) is 13.9. The van der Waals surface area contributed by atoms with Crippen molar-refractivity contribution in [3.05, 3.63) is 0 Å². The van der Waals surface area contributed by atoms with E-state index in [2.05, 4.69) is 15.1 Å². The Hall–Kier alpha value is -0.200. The molecule has 0 aromatic rings. The van der Waals surface area contributed by atoms with Gasteiger partial charge in [-0.3, -0.25) is 9.80 Å². The number of piperazine rings is 1. The van der Waals surface area contributed by atoms with E-state index < -0.39 is 0 Å². The molecule has 2 aliphatic rings. The molecule has 2 heterocycles. The number of nitrogens with one attached hydrogen (secondary N) is 1. The van der Waals surface area contributed by atoms with Crippen LogP contribution in [0.15, 0.2) is 0 Å². The molecule has 2 aliphatic heterocycles. The maximum Gasteiger partial charge on any atom is 0.0824 e. The van der Waals surface area contributed by atoms with Crippen LogP contribution in [0, 0.1) is 0 Å². The second-order valence-electron chi connectivity index (χ2n) is 4.56. The van der Waals surface area contributed by atoms with Gasteiger partial charge in [-0.1, -0.05) is 27.7 Å².